The number of nitrogens with zero attached hydrogens (tertiary/aromatic N) is 5. The Bertz CT molecular complexity index is 1070. The number of hydrogen-bond acceptors (Lipinski definition) is 6. The first-order chi connectivity index (χ1) is 16.1. The quantitative estimate of drug-likeness (QED) is 0.568. The predicted molar refractivity (Wildman–Crippen MR) is 125 cm³/mol. The fourth-order valence-electron chi connectivity index (χ4n) is 4.80. The second-order valence-electron chi connectivity index (χ2n) is 8.72. The lowest BCUT2D eigenvalue weighted by atomic mass is 9.98. The first-order valence-corrected chi connectivity index (χ1v) is 12.3. The molecule has 7 nitrogen and oxygen atoms in total. The summed E-state index contributed by atoms with van der Waals surface area (Å²) in [6.45, 7) is 3.54. The van der Waals surface area contributed by atoms with Gasteiger partial charge in [-0.15, -0.1) is 0 Å². The lowest BCUT2D eigenvalue weighted by Gasteiger charge is -2.41. The second kappa shape index (κ2) is 9.61. The molecule has 0 radical (unpaired) electrons. The normalized spacial score (nSPS) is 18.5. The number of likely N-dealkylation sites (tertiary alicyclic amines) is 2. The van der Waals surface area contributed by atoms with Gasteiger partial charge in [-0.3, -0.25) is 14.4 Å². The van der Waals surface area contributed by atoms with Crippen LogP contribution in [0.25, 0.3) is 11.3 Å². The smallest absolute Gasteiger partial charge is 0.273 e. The first kappa shape index (κ1) is 22.0. The van der Waals surface area contributed by atoms with E-state index in [0.717, 1.165) is 62.6 Å². The molecule has 9 heteroatoms. The van der Waals surface area contributed by atoms with E-state index in [0.29, 0.717) is 17.4 Å². The Balaban J connectivity index is 1.14. The largest absolute Gasteiger partial charge is 0.467 e. The molecule has 0 aliphatic carbocycles. The molecule has 33 heavy (non-hydrogen) atoms. The Morgan fingerprint density at radius 2 is 1.82 bits per heavy atom. The van der Waals surface area contributed by atoms with Crippen molar-refractivity contribution in [3.05, 3.63) is 53.4 Å². The van der Waals surface area contributed by atoms with Crippen LogP contribution in [0.15, 0.2) is 41.9 Å². The lowest BCUT2D eigenvalue weighted by Crippen LogP contribution is -2.50. The van der Waals surface area contributed by atoms with E-state index in [4.69, 9.17) is 4.74 Å². The topological polar surface area (TPSA) is 63.5 Å². The summed E-state index contributed by atoms with van der Waals surface area (Å²) in [4.78, 5) is 21.9. The Morgan fingerprint density at radius 1 is 1.09 bits per heavy atom. The highest BCUT2D eigenvalue weighted by Gasteiger charge is 2.31. The number of halogens is 1. The molecule has 1 amide bonds. The standard InChI is InChI=1S/C24H28FN5O2S/c1-28-22(16-21(27-28)17-2-4-18(25)5-3-17)23(31)30-11-6-19(7-12-30)29-13-8-20(9-14-29)32-24-26-10-15-33-24/h2-5,10,15-16,19-20H,6-9,11-14H2,1H3. The third-order valence-electron chi connectivity index (χ3n) is 6.66. The number of aryl methyl sites for hydroxylation is 1. The van der Waals surface area contributed by atoms with Gasteiger partial charge in [-0.25, -0.2) is 9.37 Å². The maximum atomic E-state index is 13.2. The number of rotatable bonds is 5. The van der Waals surface area contributed by atoms with E-state index in [-0.39, 0.29) is 17.8 Å². The summed E-state index contributed by atoms with van der Waals surface area (Å²) < 4.78 is 20.8. The number of ether oxygens (including phenoxy) is 1. The van der Waals surface area contributed by atoms with E-state index in [1.54, 1.807) is 47.5 Å². The number of hydrogen-bond donors (Lipinski definition) is 0. The van der Waals surface area contributed by atoms with Gasteiger partial charge in [-0.2, -0.15) is 5.10 Å². The zero-order valence-electron chi connectivity index (χ0n) is 18.7. The Hall–Kier alpha value is -2.78. The van der Waals surface area contributed by atoms with Crippen molar-refractivity contribution in [3.63, 3.8) is 0 Å². The number of aromatic nitrogens is 3. The number of amides is 1. The maximum Gasteiger partial charge on any atom is 0.273 e. The zero-order valence-corrected chi connectivity index (χ0v) is 19.5. The molecule has 0 saturated carbocycles. The van der Waals surface area contributed by atoms with Gasteiger partial charge in [0.2, 0.25) is 0 Å². The molecule has 2 saturated heterocycles. The summed E-state index contributed by atoms with van der Waals surface area (Å²) in [6, 6.07) is 8.49. The molecule has 2 aliphatic heterocycles. The summed E-state index contributed by atoms with van der Waals surface area (Å²) in [5.74, 6) is -0.280. The molecule has 2 fully saturated rings. The highest BCUT2D eigenvalue weighted by atomic mass is 32.1. The van der Waals surface area contributed by atoms with Crippen molar-refractivity contribution < 1.29 is 13.9 Å². The Morgan fingerprint density at radius 3 is 2.48 bits per heavy atom. The van der Waals surface area contributed by atoms with E-state index < -0.39 is 0 Å². The molecule has 5 rings (SSSR count). The van der Waals surface area contributed by atoms with Crippen molar-refractivity contribution in [2.45, 2.75) is 37.8 Å². The first-order valence-electron chi connectivity index (χ1n) is 11.5. The summed E-state index contributed by atoms with van der Waals surface area (Å²) >= 11 is 1.54. The second-order valence-corrected chi connectivity index (χ2v) is 9.58. The van der Waals surface area contributed by atoms with Gasteiger partial charge in [0.25, 0.3) is 11.1 Å². The van der Waals surface area contributed by atoms with E-state index in [2.05, 4.69) is 15.0 Å². The molecule has 0 bridgehead atoms. The zero-order chi connectivity index (χ0) is 22.8. The number of carbonyl (C=O) groups is 1. The van der Waals surface area contributed by atoms with Gasteiger partial charge in [-0.1, -0.05) is 11.3 Å². The molecule has 0 atom stereocenters. The summed E-state index contributed by atoms with van der Waals surface area (Å²) in [7, 11) is 1.78. The van der Waals surface area contributed by atoms with Crippen LogP contribution >= 0.6 is 11.3 Å². The van der Waals surface area contributed by atoms with Crippen LogP contribution in [0.5, 0.6) is 5.19 Å². The van der Waals surface area contributed by atoms with Crippen molar-refractivity contribution in [2.24, 2.45) is 7.05 Å². The van der Waals surface area contributed by atoms with Crippen LogP contribution in [0.1, 0.15) is 36.2 Å². The van der Waals surface area contributed by atoms with Crippen molar-refractivity contribution in [2.75, 3.05) is 26.2 Å². The van der Waals surface area contributed by atoms with Crippen molar-refractivity contribution >= 4 is 17.2 Å². The number of piperidine rings is 2. The minimum Gasteiger partial charge on any atom is -0.467 e. The maximum absolute atomic E-state index is 13.2. The average Bonchev–Trinajstić information content (AvgIpc) is 3.49. The predicted octanol–water partition coefficient (Wildman–Crippen LogP) is 3.83. The van der Waals surface area contributed by atoms with Gasteiger partial charge in [0.05, 0.1) is 5.69 Å². The fourth-order valence-corrected chi connectivity index (χ4v) is 5.35. The number of carbonyl (C=O) groups excluding carboxylic acids is 1. The van der Waals surface area contributed by atoms with Crippen LogP contribution in [0.2, 0.25) is 0 Å². The molecule has 2 aliphatic rings. The van der Waals surface area contributed by atoms with Gasteiger partial charge in [0.15, 0.2) is 0 Å². The number of thiazole rings is 1. The van der Waals surface area contributed by atoms with Crippen LogP contribution in [0.4, 0.5) is 4.39 Å². The molecule has 4 heterocycles. The van der Waals surface area contributed by atoms with Crippen molar-refractivity contribution in [3.8, 4) is 16.5 Å². The van der Waals surface area contributed by atoms with E-state index in [9.17, 15) is 9.18 Å². The average molecular weight is 470 g/mol. The summed E-state index contributed by atoms with van der Waals surface area (Å²) in [6.07, 6.45) is 6.01. The minimum atomic E-state index is -0.287. The highest BCUT2D eigenvalue weighted by Crippen LogP contribution is 2.26. The summed E-state index contributed by atoms with van der Waals surface area (Å²) in [5.41, 5.74) is 2.04. The molecule has 3 aromatic rings. The van der Waals surface area contributed by atoms with E-state index in [1.165, 1.54) is 12.1 Å². The Labute approximate surface area is 196 Å². The Kier molecular flexibility index (Phi) is 6.41. The highest BCUT2D eigenvalue weighted by molar-refractivity contribution is 7.11. The third-order valence-corrected chi connectivity index (χ3v) is 7.32. The van der Waals surface area contributed by atoms with Crippen LogP contribution in [-0.2, 0) is 7.05 Å². The third kappa shape index (κ3) is 4.94. The lowest BCUT2D eigenvalue weighted by molar-refractivity contribution is 0.0420. The molecule has 0 unspecified atom stereocenters. The monoisotopic (exact) mass is 469 g/mol. The van der Waals surface area contributed by atoms with E-state index >= 15 is 0 Å². The van der Waals surface area contributed by atoms with Gasteiger partial charge in [0.1, 0.15) is 17.6 Å². The molecule has 174 valence electrons. The van der Waals surface area contributed by atoms with Crippen LogP contribution in [0, 0.1) is 5.82 Å². The van der Waals surface area contributed by atoms with E-state index in [1.807, 2.05) is 10.3 Å². The molecular formula is C24H28FN5O2S. The molecule has 1 aromatic carbocycles. The van der Waals surface area contributed by atoms with Crippen molar-refractivity contribution in [1.29, 1.82) is 0 Å². The van der Waals surface area contributed by atoms with Crippen LogP contribution < -0.4 is 4.74 Å². The van der Waals surface area contributed by atoms with Crippen molar-refractivity contribution in [1.82, 2.24) is 24.6 Å². The molecule has 2 aromatic heterocycles. The summed E-state index contributed by atoms with van der Waals surface area (Å²) in [5, 5.41) is 7.17. The molecular weight excluding hydrogens is 441 g/mol. The SMILES string of the molecule is Cn1nc(-c2ccc(F)cc2)cc1C(=O)N1CCC(N2CCC(Oc3nccs3)CC2)CC1. The van der Waals surface area contributed by atoms with Gasteiger partial charge in [0, 0.05) is 56.4 Å². The minimum absolute atomic E-state index is 0.00682. The van der Waals surface area contributed by atoms with Crippen LogP contribution in [0.3, 0.4) is 0 Å². The molecule has 0 spiro atoms. The van der Waals surface area contributed by atoms with Gasteiger partial charge in [-0.05, 0) is 56.0 Å². The van der Waals surface area contributed by atoms with Gasteiger partial charge >= 0.3 is 0 Å². The van der Waals surface area contributed by atoms with Gasteiger partial charge < -0.3 is 9.64 Å². The van der Waals surface area contributed by atoms with Crippen LogP contribution in [-0.4, -0.2) is 68.8 Å². The number of benzene rings is 1. The fraction of sp³-hybridized carbons (Fsp3) is 0.458. The molecule has 0 N–H and O–H groups in total.